The molecule has 0 aromatic carbocycles. The van der Waals surface area contributed by atoms with Crippen molar-refractivity contribution in [3.8, 4) is 0 Å². The first kappa shape index (κ1) is 27.5. The molecule has 0 aromatic rings. The van der Waals surface area contributed by atoms with E-state index in [-0.39, 0.29) is 45.7 Å². The molecule has 0 aromatic heterocycles. The molecule has 1 saturated heterocycles. The van der Waals surface area contributed by atoms with Crippen LogP contribution in [0.1, 0.15) is 107 Å². The first-order chi connectivity index (χ1) is 17.5. The lowest BCUT2D eigenvalue weighted by molar-refractivity contribution is -0.216. The van der Waals surface area contributed by atoms with Crippen molar-refractivity contribution < 1.29 is 29.6 Å². The van der Waals surface area contributed by atoms with E-state index in [1.165, 1.54) is 19.8 Å². The molecule has 13 atom stereocenters. The van der Waals surface area contributed by atoms with Crippen molar-refractivity contribution in [2.45, 2.75) is 143 Å². The number of hydrogen-bond acceptors (Lipinski definition) is 6. The highest BCUT2D eigenvalue weighted by Gasteiger charge is 2.84. The van der Waals surface area contributed by atoms with Crippen molar-refractivity contribution in [3.63, 3.8) is 0 Å². The van der Waals surface area contributed by atoms with Gasteiger partial charge in [0.1, 0.15) is 0 Å². The van der Waals surface area contributed by atoms with Crippen LogP contribution < -0.4 is 0 Å². The second-order valence-electron chi connectivity index (χ2n) is 16.3. The monoisotopic (exact) mass is 532 g/mol. The Morgan fingerprint density at radius 3 is 2.26 bits per heavy atom. The summed E-state index contributed by atoms with van der Waals surface area (Å²) in [5.74, 6) is 1.09. The molecule has 0 amide bonds. The molecule has 6 rings (SSSR count). The molecule has 216 valence electrons. The van der Waals surface area contributed by atoms with E-state index < -0.39 is 29.9 Å². The van der Waals surface area contributed by atoms with Crippen LogP contribution in [0.2, 0.25) is 0 Å². The van der Waals surface area contributed by atoms with E-state index >= 15 is 0 Å². The summed E-state index contributed by atoms with van der Waals surface area (Å²) in [4.78, 5) is 11.9. The maximum absolute atomic E-state index is 12.3. The second kappa shape index (κ2) is 7.98. The summed E-state index contributed by atoms with van der Waals surface area (Å²) >= 11 is 0. The molecule has 1 aliphatic heterocycles. The largest absolute Gasteiger partial charge is 0.457 e. The molecule has 5 saturated carbocycles. The highest BCUT2D eigenvalue weighted by Crippen LogP contribution is 2.89. The maximum Gasteiger partial charge on any atom is 0.303 e. The number of fused-ring (bicyclic) bond motifs is 4. The van der Waals surface area contributed by atoms with Crippen LogP contribution in [0.15, 0.2) is 0 Å². The van der Waals surface area contributed by atoms with Crippen molar-refractivity contribution >= 4 is 5.97 Å². The van der Waals surface area contributed by atoms with Crippen LogP contribution in [0.25, 0.3) is 0 Å². The van der Waals surface area contributed by atoms with E-state index in [0.717, 1.165) is 32.1 Å². The van der Waals surface area contributed by atoms with Crippen molar-refractivity contribution in [2.24, 2.45) is 50.7 Å². The van der Waals surface area contributed by atoms with E-state index in [1.807, 2.05) is 0 Å². The lowest BCUT2D eigenvalue weighted by Gasteiger charge is -2.63. The van der Waals surface area contributed by atoms with Gasteiger partial charge in [-0.2, -0.15) is 0 Å². The van der Waals surface area contributed by atoms with Gasteiger partial charge in [-0.25, -0.2) is 0 Å². The third kappa shape index (κ3) is 3.13. The number of carbonyl (C=O) groups excluding carboxylic acids is 1. The molecule has 3 N–H and O–H groups in total. The second-order valence-corrected chi connectivity index (χ2v) is 16.3. The Morgan fingerprint density at radius 2 is 1.63 bits per heavy atom. The van der Waals surface area contributed by atoms with E-state index in [9.17, 15) is 20.1 Å². The molecular formula is C32H52O6. The first-order valence-electron chi connectivity index (χ1n) is 15.4. The van der Waals surface area contributed by atoms with E-state index in [1.54, 1.807) is 13.8 Å². The average Bonchev–Trinajstić information content (AvgIpc) is 3.44. The van der Waals surface area contributed by atoms with Gasteiger partial charge in [0.15, 0.2) is 6.10 Å². The van der Waals surface area contributed by atoms with Gasteiger partial charge in [0.25, 0.3) is 0 Å². The van der Waals surface area contributed by atoms with Gasteiger partial charge in [0.2, 0.25) is 0 Å². The fourth-order valence-corrected chi connectivity index (χ4v) is 12.4. The van der Waals surface area contributed by atoms with Crippen LogP contribution in [-0.2, 0) is 14.3 Å². The quantitative estimate of drug-likeness (QED) is 0.449. The van der Waals surface area contributed by atoms with Crippen LogP contribution in [0.3, 0.4) is 0 Å². The molecular weight excluding hydrogens is 480 g/mol. The number of aliphatic hydroxyl groups excluding tert-OH is 2. The Kier molecular flexibility index (Phi) is 5.77. The van der Waals surface area contributed by atoms with Crippen LogP contribution in [0, 0.1) is 50.7 Å². The van der Waals surface area contributed by atoms with Gasteiger partial charge in [-0.1, -0.05) is 34.6 Å². The summed E-state index contributed by atoms with van der Waals surface area (Å²) in [5, 5.41) is 34.2. The molecule has 0 bridgehead atoms. The third-order valence-electron chi connectivity index (χ3n) is 14.1. The van der Waals surface area contributed by atoms with E-state index in [2.05, 4.69) is 34.6 Å². The maximum atomic E-state index is 12.3. The van der Waals surface area contributed by atoms with E-state index in [0.29, 0.717) is 23.7 Å². The van der Waals surface area contributed by atoms with Gasteiger partial charge in [0, 0.05) is 12.3 Å². The molecule has 2 spiro atoms. The van der Waals surface area contributed by atoms with Gasteiger partial charge in [-0.05, 0) is 111 Å². The molecule has 6 heteroatoms. The molecule has 6 nitrogen and oxygen atoms in total. The van der Waals surface area contributed by atoms with Gasteiger partial charge < -0.3 is 24.8 Å². The van der Waals surface area contributed by atoms with Crippen molar-refractivity contribution in [2.75, 3.05) is 0 Å². The zero-order chi connectivity index (χ0) is 27.8. The van der Waals surface area contributed by atoms with Crippen molar-refractivity contribution in [1.82, 2.24) is 0 Å². The fourth-order valence-electron chi connectivity index (χ4n) is 12.4. The Morgan fingerprint density at radius 1 is 1.00 bits per heavy atom. The van der Waals surface area contributed by atoms with Crippen molar-refractivity contribution in [3.05, 3.63) is 0 Å². The van der Waals surface area contributed by atoms with Gasteiger partial charge >= 0.3 is 5.97 Å². The molecule has 5 aliphatic carbocycles. The molecule has 0 radical (unpaired) electrons. The number of carbonyl (C=O) groups is 1. The lowest BCUT2D eigenvalue weighted by atomic mass is 9.41. The Hall–Kier alpha value is -0.690. The lowest BCUT2D eigenvalue weighted by Crippen LogP contribution is -2.59. The Balaban J connectivity index is 1.35. The topological polar surface area (TPSA) is 96.2 Å². The predicted octanol–water partition coefficient (Wildman–Crippen LogP) is 4.86. The minimum Gasteiger partial charge on any atom is -0.457 e. The summed E-state index contributed by atoms with van der Waals surface area (Å²) in [5.41, 5.74) is -1.01. The first-order valence-corrected chi connectivity index (χ1v) is 15.4. The Labute approximate surface area is 229 Å². The van der Waals surface area contributed by atoms with Crippen molar-refractivity contribution in [1.29, 1.82) is 0 Å². The van der Waals surface area contributed by atoms with Crippen LogP contribution in [0.4, 0.5) is 0 Å². The van der Waals surface area contributed by atoms with E-state index in [4.69, 9.17) is 9.47 Å². The fraction of sp³-hybridized carbons (Fsp3) is 0.969. The summed E-state index contributed by atoms with van der Waals surface area (Å²) in [6, 6.07) is 0. The predicted molar refractivity (Wildman–Crippen MR) is 144 cm³/mol. The number of rotatable bonds is 3. The number of esters is 1. The summed E-state index contributed by atoms with van der Waals surface area (Å²) < 4.78 is 12.4. The van der Waals surface area contributed by atoms with Crippen LogP contribution in [-0.4, -0.2) is 57.4 Å². The molecule has 1 heterocycles. The third-order valence-corrected chi connectivity index (χ3v) is 14.1. The minimum absolute atomic E-state index is 0.0383. The van der Waals surface area contributed by atoms with Gasteiger partial charge in [-0.3, -0.25) is 4.79 Å². The number of ether oxygens (including phenoxy) is 2. The number of aliphatic hydroxyl groups is 3. The highest BCUT2D eigenvalue weighted by molar-refractivity contribution is 5.66. The standard InChI is InChI=1S/C32H52O6/c1-17-15-19(26(28(5,6)36)37-18(2)33)38-24-23(17)29(7)13-14-32-16-31(32)12-11-22(34)27(3,4)20(31)9-10-21(32)30(29,8)25(24)35/h17,19-26,34-36H,9-16H2,1-8H3/t17-,19-,20-,21+,22?,23+,24+,25+,26+,29-,30-,31-,32+/m1/s1. The normalized spacial score (nSPS) is 55.4. The Bertz CT molecular complexity index is 1000. The summed E-state index contributed by atoms with van der Waals surface area (Å²) in [6.07, 6.45) is 6.19. The molecule has 6 aliphatic rings. The molecule has 1 unspecified atom stereocenters. The molecule has 6 fully saturated rings. The number of hydrogen-bond donors (Lipinski definition) is 3. The van der Waals surface area contributed by atoms with Crippen LogP contribution in [0.5, 0.6) is 0 Å². The SMILES string of the molecule is CC(=O)O[C@@H]([C@H]1C[C@@H](C)[C@H]2[C@H](O1)[C@H](O)[C@@]1(C)[C@@H]3CC[C@@H]4C(C)(C)C(O)CC[C@@]45C[C@@]35CC[C@]21C)C(C)(C)O. The summed E-state index contributed by atoms with van der Waals surface area (Å²) in [7, 11) is 0. The molecule has 38 heavy (non-hydrogen) atoms. The average molecular weight is 533 g/mol. The van der Waals surface area contributed by atoms with Crippen LogP contribution >= 0.6 is 0 Å². The highest BCUT2D eigenvalue weighted by atomic mass is 16.6. The smallest absolute Gasteiger partial charge is 0.303 e. The van der Waals surface area contributed by atoms with Gasteiger partial charge in [-0.15, -0.1) is 0 Å². The minimum atomic E-state index is -1.24. The zero-order valence-electron chi connectivity index (χ0n) is 24.9. The van der Waals surface area contributed by atoms with Gasteiger partial charge in [0.05, 0.1) is 30.0 Å². The summed E-state index contributed by atoms with van der Waals surface area (Å²) in [6.45, 7) is 16.4. The zero-order valence-corrected chi connectivity index (χ0v) is 24.9.